The smallest absolute Gasteiger partial charge is 0.416 e. The van der Waals surface area contributed by atoms with Gasteiger partial charge in [0.2, 0.25) is 0 Å². The molecule has 0 N–H and O–H groups in total. The van der Waals surface area contributed by atoms with E-state index in [4.69, 9.17) is 21.1 Å². The summed E-state index contributed by atoms with van der Waals surface area (Å²) in [5, 5.41) is 4.47. The molecule has 6 nitrogen and oxygen atoms in total. The molecule has 1 atom stereocenters. The number of nitrogens with zero attached hydrogens (tertiary/aromatic N) is 3. The van der Waals surface area contributed by atoms with Crippen molar-refractivity contribution in [2.45, 2.75) is 32.4 Å². The molecule has 0 aliphatic heterocycles. The first-order valence-corrected chi connectivity index (χ1v) is 9.72. The highest BCUT2D eigenvalue weighted by Crippen LogP contribution is 2.38. The van der Waals surface area contributed by atoms with E-state index in [-0.39, 0.29) is 12.2 Å². The lowest BCUT2D eigenvalue weighted by Gasteiger charge is -2.38. The topological polar surface area (TPSA) is 66.2 Å². The summed E-state index contributed by atoms with van der Waals surface area (Å²) in [5.41, 5.74) is -1.40. The molecule has 1 unspecified atom stereocenters. The van der Waals surface area contributed by atoms with Crippen molar-refractivity contribution in [3.63, 3.8) is 0 Å². The minimum Gasteiger partial charge on any atom is -0.434 e. The second kappa shape index (κ2) is 8.69. The van der Waals surface area contributed by atoms with Gasteiger partial charge in [0, 0.05) is 5.33 Å². The summed E-state index contributed by atoms with van der Waals surface area (Å²) in [7, 11) is 0. The third-order valence-corrected chi connectivity index (χ3v) is 5.39. The van der Waals surface area contributed by atoms with Crippen LogP contribution in [0.1, 0.15) is 25.8 Å². The van der Waals surface area contributed by atoms with E-state index in [1.165, 1.54) is 24.8 Å². The Balaban J connectivity index is 2.54. The van der Waals surface area contributed by atoms with Gasteiger partial charge in [-0.3, -0.25) is 4.79 Å². The quantitative estimate of drug-likeness (QED) is 0.312. The molecule has 0 aliphatic carbocycles. The molecule has 2 aromatic rings. The first-order valence-electron chi connectivity index (χ1n) is 8.06. The Kier molecular flexibility index (Phi) is 6.97. The van der Waals surface area contributed by atoms with Gasteiger partial charge in [-0.15, -0.1) is 11.6 Å². The van der Waals surface area contributed by atoms with Gasteiger partial charge in [-0.1, -0.05) is 35.8 Å². The van der Waals surface area contributed by atoms with E-state index in [2.05, 4.69) is 26.0 Å². The molecule has 28 heavy (non-hydrogen) atoms. The molecular weight excluding hydrogens is 467 g/mol. The summed E-state index contributed by atoms with van der Waals surface area (Å²) < 4.78 is 51.7. The highest BCUT2D eigenvalue weighted by atomic mass is 79.9. The average Bonchev–Trinajstić information content (AvgIpc) is 3.16. The maximum atomic E-state index is 13.1. The number of rotatable bonds is 8. The predicted molar refractivity (Wildman–Crippen MR) is 99.1 cm³/mol. The van der Waals surface area contributed by atoms with Crippen molar-refractivity contribution in [3.8, 4) is 5.75 Å². The van der Waals surface area contributed by atoms with Crippen LogP contribution in [-0.4, -0.2) is 31.9 Å². The monoisotopic (exact) mass is 483 g/mol. The summed E-state index contributed by atoms with van der Waals surface area (Å²) in [6.45, 7) is 3.72. The fourth-order valence-corrected chi connectivity index (χ4v) is 2.68. The van der Waals surface area contributed by atoms with Crippen LogP contribution in [0, 0.1) is 5.41 Å². The number of benzene rings is 1. The zero-order chi connectivity index (χ0) is 21.0. The molecule has 0 aliphatic rings. The van der Waals surface area contributed by atoms with Crippen molar-refractivity contribution in [1.29, 1.82) is 0 Å². The molecule has 1 aromatic heterocycles. The summed E-state index contributed by atoms with van der Waals surface area (Å²) >= 11 is 8.96. The Morgan fingerprint density at radius 2 is 2.04 bits per heavy atom. The van der Waals surface area contributed by atoms with Crippen LogP contribution in [0.4, 0.5) is 13.2 Å². The van der Waals surface area contributed by atoms with Gasteiger partial charge in [0.15, 0.2) is 0 Å². The lowest BCUT2D eigenvalue weighted by atomic mass is 9.90. The van der Waals surface area contributed by atoms with Crippen molar-refractivity contribution in [1.82, 2.24) is 14.8 Å². The van der Waals surface area contributed by atoms with Gasteiger partial charge < -0.3 is 9.47 Å². The molecule has 154 valence electrons. The van der Waals surface area contributed by atoms with E-state index >= 15 is 0 Å². The molecule has 2 rings (SSSR count). The molecule has 0 bridgehead atoms. The number of hydrogen-bond acceptors (Lipinski definition) is 5. The number of alkyl halides is 5. The number of halogens is 5. The van der Waals surface area contributed by atoms with Gasteiger partial charge in [0.1, 0.15) is 24.3 Å². The lowest BCUT2D eigenvalue weighted by molar-refractivity contribution is -0.253. The van der Waals surface area contributed by atoms with Crippen LogP contribution in [0.25, 0.3) is 0 Å². The van der Waals surface area contributed by atoms with Crippen LogP contribution < -0.4 is 4.74 Å². The fourth-order valence-electron chi connectivity index (χ4n) is 2.43. The highest BCUT2D eigenvalue weighted by molar-refractivity contribution is 9.09. The van der Waals surface area contributed by atoms with E-state index in [1.54, 1.807) is 0 Å². The first kappa shape index (κ1) is 22.5. The number of carbonyl (C=O) groups excluding carboxylic acids is 1. The minimum absolute atomic E-state index is 0.0491. The predicted octanol–water partition coefficient (Wildman–Crippen LogP) is 4.58. The van der Waals surface area contributed by atoms with Gasteiger partial charge in [0.05, 0.1) is 12.0 Å². The lowest BCUT2D eigenvalue weighted by Crippen LogP contribution is -2.48. The van der Waals surface area contributed by atoms with Gasteiger partial charge in [-0.2, -0.15) is 23.0 Å². The largest absolute Gasteiger partial charge is 0.434 e. The van der Waals surface area contributed by atoms with Crippen molar-refractivity contribution < 1.29 is 27.4 Å². The SMILES string of the molecule is CC(C)(CBr)CC(OC(=O)CCl)(Oc1cccc(C(F)(F)F)c1)n1cncn1. The van der Waals surface area contributed by atoms with Crippen molar-refractivity contribution in [3.05, 3.63) is 42.5 Å². The zero-order valence-corrected chi connectivity index (χ0v) is 17.4. The Morgan fingerprint density at radius 3 is 2.57 bits per heavy atom. The van der Waals surface area contributed by atoms with Crippen molar-refractivity contribution >= 4 is 33.5 Å². The van der Waals surface area contributed by atoms with E-state index in [9.17, 15) is 18.0 Å². The van der Waals surface area contributed by atoms with Crippen LogP contribution >= 0.6 is 27.5 Å². The standard InChI is InChI=1S/C17H18BrClF3N3O3/c1-15(2,9-18)8-16(28-14(26)7-19,25-11-23-10-24-25)27-13-5-3-4-12(6-13)17(20,21)22/h3-6,10-11H,7-9H2,1-2H3. The van der Waals surface area contributed by atoms with Crippen LogP contribution in [0.5, 0.6) is 5.75 Å². The second-order valence-electron chi connectivity index (χ2n) is 6.76. The third-order valence-electron chi connectivity index (χ3n) is 3.65. The van der Waals surface area contributed by atoms with Crippen molar-refractivity contribution in [2.75, 3.05) is 11.2 Å². The van der Waals surface area contributed by atoms with E-state index in [0.29, 0.717) is 5.33 Å². The van der Waals surface area contributed by atoms with Crippen LogP contribution in [0.2, 0.25) is 0 Å². The molecule has 11 heteroatoms. The van der Waals surface area contributed by atoms with Gasteiger partial charge in [-0.25, -0.2) is 4.98 Å². The van der Waals surface area contributed by atoms with E-state index in [0.717, 1.165) is 16.8 Å². The van der Waals surface area contributed by atoms with E-state index in [1.807, 2.05) is 13.8 Å². The molecule has 1 aromatic carbocycles. The zero-order valence-electron chi connectivity index (χ0n) is 15.0. The van der Waals surface area contributed by atoms with Crippen LogP contribution in [-0.2, 0) is 21.6 Å². The molecule has 0 fully saturated rings. The second-order valence-corrected chi connectivity index (χ2v) is 7.59. The van der Waals surface area contributed by atoms with E-state index < -0.39 is 34.9 Å². The maximum Gasteiger partial charge on any atom is 0.416 e. The van der Waals surface area contributed by atoms with Crippen LogP contribution in [0.15, 0.2) is 36.9 Å². The third kappa shape index (κ3) is 5.60. The summed E-state index contributed by atoms with van der Waals surface area (Å²) in [5.74, 6) is -3.34. The normalized spacial score (nSPS) is 14.4. The fraction of sp³-hybridized carbons (Fsp3) is 0.471. The number of hydrogen-bond donors (Lipinski definition) is 0. The Hall–Kier alpha value is -1.81. The summed E-state index contributed by atoms with van der Waals surface area (Å²) in [6, 6.07) is 4.26. The maximum absolute atomic E-state index is 13.1. The summed E-state index contributed by atoms with van der Waals surface area (Å²) in [6.07, 6.45) is -2.07. The molecule has 1 heterocycles. The molecule has 0 saturated carbocycles. The Bertz CT molecular complexity index is 802. The molecule has 0 amide bonds. The van der Waals surface area contributed by atoms with Crippen LogP contribution in [0.3, 0.4) is 0 Å². The number of esters is 1. The average molecular weight is 485 g/mol. The number of aromatic nitrogens is 3. The minimum atomic E-state index is -4.56. The van der Waals surface area contributed by atoms with Gasteiger partial charge in [0.25, 0.3) is 0 Å². The first-order chi connectivity index (χ1) is 13.0. The highest BCUT2D eigenvalue weighted by Gasteiger charge is 2.45. The number of ether oxygens (including phenoxy) is 2. The van der Waals surface area contributed by atoms with Gasteiger partial charge in [-0.05, 0) is 23.6 Å². The number of carbonyl (C=O) groups is 1. The summed E-state index contributed by atoms with van der Waals surface area (Å²) in [4.78, 5) is 15.9. The molecule has 0 radical (unpaired) electrons. The molecular formula is C17H18BrClF3N3O3. The molecule has 0 spiro atoms. The Morgan fingerprint density at radius 1 is 1.32 bits per heavy atom. The van der Waals surface area contributed by atoms with Gasteiger partial charge >= 0.3 is 18.1 Å². The molecule has 0 saturated heterocycles. The Labute approximate surface area is 173 Å². The van der Waals surface area contributed by atoms with Crippen molar-refractivity contribution in [2.24, 2.45) is 5.41 Å².